The zero-order valence-electron chi connectivity index (χ0n) is 16.2. The molecule has 5 nitrogen and oxygen atoms in total. The smallest absolute Gasteiger partial charge is 0.410 e. The third-order valence-electron chi connectivity index (χ3n) is 4.94. The maximum absolute atomic E-state index is 12.3. The zero-order valence-corrected chi connectivity index (χ0v) is 17.0. The summed E-state index contributed by atoms with van der Waals surface area (Å²) in [6.45, 7) is 10.7. The number of piperazine rings is 1. The minimum Gasteiger partial charge on any atom is -0.444 e. The molecule has 26 heavy (non-hydrogen) atoms. The monoisotopic (exact) mass is 379 g/mol. The number of pyridine rings is 1. The van der Waals surface area contributed by atoms with Gasteiger partial charge in [-0.25, -0.2) is 4.79 Å². The molecule has 2 fully saturated rings. The molecule has 0 N–H and O–H groups in total. The van der Waals surface area contributed by atoms with Gasteiger partial charge in [0.05, 0.1) is 11.1 Å². The molecule has 6 heteroatoms. The number of halogens is 1. The molecule has 3 rings (SSSR count). The summed E-state index contributed by atoms with van der Waals surface area (Å²) in [4.78, 5) is 21.0. The number of amides is 1. The largest absolute Gasteiger partial charge is 0.444 e. The molecule has 0 radical (unpaired) electrons. The Bertz CT molecular complexity index is 625. The molecule has 2 aliphatic rings. The minimum absolute atomic E-state index is 0.104. The number of alkyl halides is 1. The molecule has 2 atom stereocenters. The molecule has 1 amide bonds. The van der Waals surface area contributed by atoms with Gasteiger partial charge < -0.3 is 9.64 Å². The van der Waals surface area contributed by atoms with E-state index in [-0.39, 0.29) is 17.5 Å². The Balaban J connectivity index is 1.51. The van der Waals surface area contributed by atoms with Crippen molar-refractivity contribution < 1.29 is 9.53 Å². The number of carbonyl (C=O) groups excluding carboxylic acids is 1. The van der Waals surface area contributed by atoms with Crippen molar-refractivity contribution in [2.45, 2.75) is 63.5 Å². The SMILES string of the molecule is C[C@@H]1CN(CC(Cl)c2ccc(C3CC3)cn2)CCN1C(=O)OC(C)(C)C. The van der Waals surface area contributed by atoms with Gasteiger partial charge in [0.1, 0.15) is 5.60 Å². The van der Waals surface area contributed by atoms with Gasteiger partial charge in [-0.15, -0.1) is 11.6 Å². The van der Waals surface area contributed by atoms with Crippen molar-refractivity contribution in [3.63, 3.8) is 0 Å². The normalized spacial score (nSPS) is 23.0. The average Bonchev–Trinajstić information content (AvgIpc) is 3.38. The summed E-state index contributed by atoms with van der Waals surface area (Å²) in [5, 5.41) is -0.136. The molecule has 1 unspecified atom stereocenters. The van der Waals surface area contributed by atoms with Crippen molar-refractivity contribution in [1.82, 2.24) is 14.8 Å². The molecule has 0 aromatic carbocycles. The molecule has 1 saturated heterocycles. The first-order valence-electron chi connectivity index (χ1n) is 9.55. The van der Waals surface area contributed by atoms with Crippen LogP contribution in [0.4, 0.5) is 4.79 Å². The summed E-state index contributed by atoms with van der Waals surface area (Å²) in [5.41, 5.74) is 1.79. The highest BCUT2D eigenvalue weighted by atomic mass is 35.5. The van der Waals surface area contributed by atoms with Gasteiger partial charge in [0.15, 0.2) is 0 Å². The lowest BCUT2D eigenvalue weighted by Gasteiger charge is -2.40. The average molecular weight is 380 g/mol. The summed E-state index contributed by atoms with van der Waals surface area (Å²) in [6.07, 6.45) is 4.31. The van der Waals surface area contributed by atoms with E-state index in [1.165, 1.54) is 18.4 Å². The van der Waals surface area contributed by atoms with Gasteiger partial charge in [-0.2, -0.15) is 0 Å². The Morgan fingerprint density at radius 1 is 1.35 bits per heavy atom. The van der Waals surface area contributed by atoms with Crippen LogP contribution in [-0.4, -0.2) is 58.7 Å². The van der Waals surface area contributed by atoms with Crippen molar-refractivity contribution in [2.75, 3.05) is 26.2 Å². The molecule has 1 aliphatic heterocycles. The highest BCUT2D eigenvalue weighted by Gasteiger charge is 2.31. The van der Waals surface area contributed by atoms with E-state index >= 15 is 0 Å². The molecule has 0 bridgehead atoms. The van der Waals surface area contributed by atoms with Crippen molar-refractivity contribution in [3.05, 3.63) is 29.6 Å². The molecule has 2 heterocycles. The summed E-state index contributed by atoms with van der Waals surface area (Å²) >= 11 is 6.61. The second kappa shape index (κ2) is 7.73. The number of hydrogen-bond donors (Lipinski definition) is 0. The molecule has 1 saturated carbocycles. The Labute approximate surface area is 161 Å². The molecule has 1 aromatic heterocycles. The zero-order chi connectivity index (χ0) is 18.9. The first-order chi connectivity index (χ1) is 12.2. The summed E-state index contributed by atoms with van der Waals surface area (Å²) in [5.74, 6) is 0.715. The van der Waals surface area contributed by atoms with Crippen LogP contribution in [0.25, 0.3) is 0 Å². The van der Waals surface area contributed by atoms with E-state index in [0.29, 0.717) is 12.5 Å². The van der Waals surface area contributed by atoms with Crippen LogP contribution in [0.1, 0.15) is 63.1 Å². The predicted octanol–water partition coefficient (Wildman–Crippen LogP) is 4.18. The fourth-order valence-electron chi connectivity index (χ4n) is 3.37. The third-order valence-corrected chi connectivity index (χ3v) is 5.30. The number of ether oxygens (including phenoxy) is 1. The van der Waals surface area contributed by atoms with Crippen LogP contribution in [0.3, 0.4) is 0 Å². The Morgan fingerprint density at radius 3 is 2.62 bits per heavy atom. The maximum atomic E-state index is 12.3. The second-order valence-corrected chi connectivity index (χ2v) is 9.07. The van der Waals surface area contributed by atoms with Gasteiger partial charge in [-0.3, -0.25) is 9.88 Å². The van der Waals surface area contributed by atoms with E-state index < -0.39 is 5.60 Å². The fraction of sp³-hybridized carbons (Fsp3) is 0.700. The lowest BCUT2D eigenvalue weighted by atomic mass is 10.1. The molecular formula is C20H30ClN3O2. The van der Waals surface area contributed by atoms with E-state index in [9.17, 15) is 4.79 Å². The van der Waals surface area contributed by atoms with Gasteiger partial charge >= 0.3 is 6.09 Å². The van der Waals surface area contributed by atoms with Gasteiger partial charge in [0, 0.05) is 38.4 Å². The molecule has 144 valence electrons. The van der Waals surface area contributed by atoms with Crippen LogP contribution in [0.15, 0.2) is 18.3 Å². The fourth-order valence-corrected chi connectivity index (χ4v) is 3.70. The van der Waals surface area contributed by atoms with Gasteiger partial charge in [0.25, 0.3) is 0 Å². The summed E-state index contributed by atoms with van der Waals surface area (Å²) in [6, 6.07) is 4.33. The van der Waals surface area contributed by atoms with Gasteiger partial charge in [0.2, 0.25) is 0 Å². The molecule has 0 spiro atoms. The highest BCUT2D eigenvalue weighted by Crippen LogP contribution is 2.39. The Kier molecular flexibility index (Phi) is 5.78. The number of hydrogen-bond acceptors (Lipinski definition) is 4. The predicted molar refractivity (Wildman–Crippen MR) is 104 cm³/mol. The standard InChI is InChI=1S/C20H30ClN3O2/c1-14-12-23(9-10-24(14)19(25)26-20(2,3)4)13-17(21)18-8-7-16(11-22-18)15-5-6-15/h7-8,11,14-15,17H,5-6,9-10,12-13H2,1-4H3/t14-,17?/m1/s1. The highest BCUT2D eigenvalue weighted by molar-refractivity contribution is 6.20. The summed E-state index contributed by atoms with van der Waals surface area (Å²) < 4.78 is 5.50. The lowest BCUT2D eigenvalue weighted by Crippen LogP contribution is -2.55. The number of nitrogens with zero attached hydrogens (tertiary/aromatic N) is 3. The van der Waals surface area contributed by atoms with Gasteiger partial charge in [-0.05, 0) is 58.1 Å². The number of rotatable bonds is 4. The topological polar surface area (TPSA) is 45.7 Å². The molecular weight excluding hydrogens is 350 g/mol. The van der Waals surface area contributed by atoms with E-state index in [2.05, 4.69) is 28.9 Å². The van der Waals surface area contributed by atoms with Crippen molar-refractivity contribution in [3.8, 4) is 0 Å². The van der Waals surface area contributed by atoms with E-state index in [4.69, 9.17) is 16.3 Å². The number of carbonyl (C=O) groups is 1. The third kappa shape index (κ3) is 5.10. The Hall–Kier alpha value is -1.33. The first kappa shape index (κ1) is 19.4. The maximum Gasteiger partial charge on any atom is 0.410 e. The van der Waals surface area contributed by atoms with Crippen LogP contribution >= 0.6 is 11.6 Å². The quantitative estimate of drug-likeness (QED) is 0.736. The van der Waals surface area contributed by atoms with Crippen molar-refractivity contribution in [2.24, 2.45) is 0 Å². The van der Waals surface area contributed by atoms with Gasteiger partial charge in [-0.1, -0.05) is 6.07 Å². The Morgan fingerprint density at radius 2 is 2.08 bits per heavy atom. The van der Waals surface area contributed by atoms with Crippen molar-refractivity contribution in [1.29, 1.82) is 0 Å². The van der Waals surface area contributed by atoms with E-state index in [0.717, 1.165) is 25.3 Å². The summed E-state index contributed by atoms with van der Waals surface area (Å²) in [7, 11) is 0. The molecule has 1 aliphatic carbocycles. The molecule has 1 aromatic rings. The van der Waals surface area contributed by atoms with Crippen LogP contribution in [0.5, 0.6) is 0 Å². The van der Waals surface area contributed by atoms with E-state index in [1.807, 2.05) is 31.9 Å². The van der Waals surface area contributed by atoms with Crippen LogP contribution in [-0.2, 0) is 4.74 Å². The van der Waals surface area contributed by atoms with Crippen LogP contribution < -0.4 is 0 Å². The number of aromatic nitrogens is 1. The van der Waals surface area contributed by atoms with Crippen molar-refractivity contribution >= 4 is 17.7 Å². The van der Waals surface area contributed by atoms with Crippen LogP contribution in [0.2, 0.25) is 0 Å². The second-order valence-electron chi connectivity index (χ2n) is 8.54. The lowest BCUT2D eigenvalue weighted by molar-refractivity contribution is 0.00148. The van der Waals surface area contributed by atoms with E-state index in [1.54, 1.807) is 0 Å². The first-order valence-corrected chi connectivity index (χ1v) is 9.98. The van der Waals surface area contributed by atoms with Crippen LogP contribution in [0, 0.1) is 0 Å². The minimum atomic E-state index is -0.465.